The zero-order chi connectivity index (χ0) is 21.2. The zero-order valence-corrected chi connectivity index (χ0v) is 16.6. The smallest absolute Gasteiger partial charge is 0.466 e. The molecule has 1 N–H and O–H groups in total. The van der Waals surface area contributed by atoms with Crippen molar-refractivity contribution < 1.29 is 28.7 Å². The SMILES string of the molecule is CCOC(=O)CC1CC[N+](C#N)(c2ccc([N@@+]3(O)CC(C)OC3=O)cc2F)CC1. The van der Waals surface area contributed by atoms with Gasteiger partial charge in [0.2, 0.25) is 0 Å². The molecule has 0 saturated carbocycles. The third-order valence-corrected chi connectivity index (χ3v) is 5.74. The van der Waals surface area contributed by atoms with Crippen molar-refractivity contribution in [3.63, 3.8) is 0 Å². The summed E-state index contributed by atoms with van der Waals surface area (Å²) in [6.07, 6.45) is 2.36. The van der Waals surface area contributed by atoms with Crippen LogP contribution in [-0.2, 0) is 14.3 Å². The average Bonchev–Trinajstić information content (AvgIpc) is 2.95. The van der Waals surface area contributed by atoms with Crippen LogP contribution in [0.25, 0.3) is 0 Å². The minimum Gasteiger partial charge on any atom is -0.466 e. The van der Waals surface area contributed by atoms with Gasteiger partial charge in [0.05, 0.1) is 19.7 Å². The number of carbonyl (C=O) groups is 2. The minimum absolute atomic E-state index is 0.00852. The number of ether oxygens (including phenoxy) is 2. The number of quaternary nitrogens is 2. The average molecular weight is 407 g/mol. The number of nitrogens with zero attached hydrogens (tertiary/aromatic N) is 3. The molecule has 2 saturated heterocycles. The number of likely N-dealkylation sites (tertiary alicyclic amines) is 1. The van der Waals surface area contributed by atoms with Crippen molar-refractivity contribution in [1.82, 2.24) is 9.13 Å². The Balaban J connectivity index is 1.78. The Morgan fingerprint density at radius 2 is 2.10 bits per heavy atom. The fourth-order valence-corrected chi connectivity index (χ4v) is 4.14. The number of hydrogen-bond donors (Lipinski definition) is 1. The molecule has 2 heterocycles. The largest absolute Gasteiger partial charge is 0.555 e. The lowest BCUT2D eigenvalue weighted by molar-refractivity contribution is -0.144. The second-order valence-corrected chi connectivity index (χ2v) is 7.75. The predicted molar refractivity (Wildman–Crippen MR) is 102 cm³/mol. The summed E-state index contributed by atoms with van der Waals surface area (Å²) in [5.41, 5.74) is 0.256. The minimum atomic E-state index is -1.12. The highest BCUT2D eigenvalue weighted by Crippen LogP contribution is 2.37. The van der Waals surface area contributed by atoms with Crippen LogP contribution in [0.1, 0.15) is 33.1 Å². The van der Waals surface area contributed by atoms with E-state index in [0.29, 0.717) is 39.0 Å². The van der Waals surface area contributed by atoms with Crippen molar-refractivity contribution >= 4 is 23.4 Å². The first-order chi connectivity index (χ1) is 13.7. The lowest BCUT2D eigenvalue weighted by Gasteiger charge is -2.36. The van der Waals surface area contributed by atoms with Crippen LogP contribution >= 0.6 is 0 Å². The van der Waals surface area contributed by atoms with Gasteiger partial charge in [-0.25, -0.2) is 9.60 Å². The van der Waals surface area contributed by atoms with Crippen LogP contribution < -0.4 is 9.13 Å². The highest BCUT2D eigenvalue weighted by atomic mass is 19.1. The number of amides is 1. The molecule has 1 unspecified atom stereocenters. The first-order valence-electron chi connectivity index (χ1n) is 9.81. The first kappa shape index (κ1) is 21.2. The monoisotopic (exact) mass is 407 g/mol. The van der Waals surface area contributed by atoms with E-state index < -0.39 is 22.7 Å². The molecule has 29 heavy (non-hydrogen) atoms. The molecular weight excluding hydrogens is 381 g/mol. The van der Waals surface area contributed by atoms with Crippen LogP contribution in [0.15, 0.2) is 18.2 Å². The number of cyclic esters (lactones) is 1. The van der Waals surface area contributed by atoms with Gasteiger partial charge < -0.3 is 9.47 Å². The highest BCUT2D eigenvalue weighted by molar-refractivity contribution is 5.82. The van der Waals surface area contributed by atoms with Gasteiger partial charge in [-0.05, 0) is 24.4 Å². The van der Waals surface area contributed by atoms with Crippen LogP contribution in [0.5, 0.6) is 0 Å². The normalized spacial score (nSPS) is 31.8. The summed E-state index contributed by atoms with van der Waals surface area (Å²) in [4.78, 5) is 23.7. The molecule has 1 amide bonds. The maximum atomic E-state index is 15.0. The molecule has 0 spiro atoms. The van der Waals surface area contributed by atoms with E-state index in [1.165, 1.54) is 12.1 Å². The van der Waals surface area contributed by atoms with Gasteiger partial charge >= 0.3 is 18.3 Å². The molecule has 0 aliphatic carbocycles. The number of hydrogen-bond acceptors (Lipinski definition) is 6. The van der Waals surface area contributed by atoms with Gasteiger partial charge in [0.15, 0.2) is 29.8 Å². The summed E-state index contributed by atoms with van der Waals surface area (Å²) in [5.74, 6) is -0.816. The third kappa shape index (κ3) is 3.96. The number of rotatable bonds is 5. The number of esters is 1. The number of nitriles is 1. The van der Waals surface area contributed by atoms with E-state index in [9.17, 15) is 20.1 Å². The van der Waals surface area contributed by atoms with E-state index in [2.05, 4.69) is 6.19 Å². The number of hydroxylamine groups is 2. The predicted octanol–water partition coefficient (Wildman–Crippen LogP) is 3.21. The molecule has 0 aromatic heterocycles. The highest BCUT2D eigenvalue weighted by Gasteiger charge is 2.51. The summed E-state index contributed by atoms with van der Waals surface area (Å²) in [5, 5.41) is 20.4. The second-order valence-electron chi connectivity index (χ2n) is 7.75. The maximum absolute atomic E-state index is 15.0. The third-order valence-electron chi connectivity index (χ3n) is 5.74. The first-order valence-corrected chi connectivity index (χ1v) is 9.81. The Kier molecular flexibility index (Phi) is 5.89. The second kappa shape index (κ2) is 8.06. The fraction of sp³-hybridized carbons (Fsp3) is 0.550. The molecule has 8 nitrogen and oxygen atoms in total. The Labute approximate surface area is 168 Å². The molecule has 0 radical (unpaired) electrons. The molecule has 2 fully saturated rings. The van der Waals surface area contributed by atoms with Crippen molar-refractivity contribution in [1.29, 1.82) is 5.26 Å². The van der Waals surface area contributed by atoms with Gasteiger partial charge in [0.1, 0.15) is 0 Å². The van der Waals surface area contributed by atoms with Gasteiger partial charge in [0.25, 0.3) is 0 Å². The van der Waals surface area contributed by atoms with Crippen molar-refractivity contribution in [3.8, 4) is 6.19 Å². The Morgan fingerprint density at radius 1 is 1.41 bits per heavy atom. The Bertz CT molecular complexity index is 847. The van der Waals surface area contributed by atoms with Crippen molar-refractivity contribution in [2.75, 3.05) is 26.2 Å². The quantitative estimate of drug-likeness (QED) is 0.348. The lowest BCUT2D eigenvalue weighted by atomic mass is 9.91. The van der Waals surface area contributed by atoms with Crippen LogP contribution in [0.4, 0.5) is 20.6 Å². The Morgan fingerprint density at radius 3 is 2.62 bits per heavy atom. The van der Waals surface area contributed by atoms with Crippen molar-refractivity contribution in [2.45, 2.75) is 39.2 Å². The van der Waals surface area contributed by atoms with E-state index >= 15 is 4.39 Å². The molecular formula is C20H26FN3O5+2. The lowest BCUT2D eigenvalue weighted by Crippen LogP contribution is -2.51. The van der Waals surface area contributed by atoms with Gasteiger partial charge in [-0.1, -0.05) is 0 Å². The number of halogens is 1. The molecule has 1 aromatic carbocycles. The Hall–Kier alpha value is -2.54. The summed E-state index contributed by atoms with van der Waals surface area (Å²) in [6.45, 7) is 4.47. The number of piperidine rings is 1. The molecule has 156 valence electrons. The van der Waals surface area contributed by atoms with E-state index in [4.69, 9.17) is 9.47 Å². The number of benzene rings is 1. The summed E-state index contributed by atoms with van der Waals surface area (Å²) < 4.78 is 23.6. The molecule has 9 heteroatoms. The van der Waals surface area contributed by atoms with Gasteiger partial charge in [-0.3, -0.25) is 4.79 Å². The molecule has 0 bridgehead atoms. The van der Waals surface area contributed by atoms with Crippen LogP contribution in [0.2, 0.25) is 0 Å². The van der Waals surface area contributed by atoms with Gasteiger partial charge in [-0.2, -0.15) is 9.28 Å². The standard InChI is InChI=1S/C20H26FN3O5/c1-3-28-19(25)10-15-6-8-23(13-22,9-7-15)18-5-4-16(11-17(18)21)24(27)12-14(2)29-20(24)26/h4-5,11,14-15,27H,3,6-10,12H2,1-2H3/q+2/t14?,15?,23?,24-/m0/s1. The van der Waals surface area contributed by atoms with Crippen LogP contribution in [0, 0.1) is 23.2 Å². The van der Waals surface area contributed by atoms with Gasteiger partial charge in [-0.15, -0.1) is 5.26 Å². The summed E-state index contributed by atoms with van der Waals surface area (Å²) in [7, 11) is 0. The topological polar surface area (TPSA) is 96.6 Å². The molecule has 2 aliphatic rings. The van der Waals surface area contributed by atoms with E-state index in [-0.39, 0.29) is 34.3 Å². The molecule has 3 rings (SSSR count). The van der Waals surface area contributed by atoms with Crippen LogP contribution in [0.3, 0.4) is 0 Å². The fourth-order valence-electron chi connectivity index (χ4n) is 4.14. The maximum Gasteiger partial charge on any atom is 0.555 e. The molecule has 2 atom stereocenters. The van der Waals surface area contributed by atoms with Gasteiger partial charge in [0, 0.05) is 37.5 Å². The van der Waals surface area contributed by atoms with E-state index in [0.717, 1.165) is 6.07 Å². The van der Waals surface area contributed by atoms with Crippen molar-refractivity contribution in [3.05, 3.63) is 24.0 Å². The summed E-state index contributed by atoms with van der Waals surface area (Å²) >= 11 is 0. The molecule has 2 aliphatic heterocycles. The van der Waals surface area contributed by atoms with Crippen LogP contribution in [-0.4, -0.2) is 49.6 Å². The van der Waals surface area contributed by atoms with E-state index in [1.807, 2.05) is 0 Å². The zero-order valence-electron chi connectivity index (χ0n) is 16.6. The summed E-state index contributed by atoms with van der Waals surface area (Å²) in [6, 6.07) is 4.00. The molecule has 1 aromatic rings. The van der Waals surface area contributed by atoms with Crippen molar-refractivity contribution in [2.24, 2.45) is 5.92 Å². The number of carbonyl (C=O) groups excluding carboxylic acids is 2. The van der Waals surface area contributed by atoms with E-state index in [1.54, 1.807) is 13.8 Å².